The molecule has 3 aromatic rings. The van der Waals surface area contributed by atoms with Crippen molar-refractivity contribution in [3.8, 4) is 11.5 Å². The summed E-state index contributed by atoms with van der Waals surface area (Å²) in [5.41, 5.74) is 2.09. The maximum absolute atomic E-state index is 13.1. The lowest BCUT2D eigenvalue weighted by Crippen LogP contribution is -2.31. The third-order valence-corrected chi connectivity index (χ3v) is 6.11. The molecule has 1 atom stereocenters. The summed E-state index contributed by atoms with van der Waals surface area (Å²) in [5, 5.41) is 11.5. The Labute approximate surface area is 203 Å². The smallest absolute Gasteiger partial charge is 0.295 e. The van der Waals surface area contributed by atoms with Gasteiger partial charge in [0.2, 0.25) is 0 Å². The number of ketones is 1. The van der Waals surface area contributed by atoms with E-state index in [0.717, 1.165) is 11.3 Å². The fraction of sp³-hybridized carbons (Fsp3) is 0.185. The molecule has 4 rings (SSSR count). The number of nitrogens with zero attached hydrogens (tertiary/aromatic N) is 1. The van der Waals surface area contributed by atoms with Crippen molar-refractivity contribution in [1.82, 2.24) is 4.90 Å². The first-order chi connectivity index (χ1) is 16.4. The lowest BCUT2D eigenvalue weighted by Gasteiger charge is -2.25. The Balaban J connectivity index is 1.74. The van der Waals surface area contributed by atoms with Crippen LogP contribution in [0.4, 0.5) is 0 Å². The van der Waals surface area contributed by atoms with Gasteiger partial charge in [-0.25, -0.2) is 0 Å². The van der Waals surface area contributed by atoms with E-state index in [4.69, 9.17) is 21.1 Å². The predicted molar refractivity (Wildman–Crippen MR) is 130 cm³/mol. The molecule has 0 aromatic heterocycles. The first-order valence-electron chi connectivity index (χ1n) is 10.7. The number of methoxy groups -OCH3 is 2. The third kappa shape index (κ3) is 4.63. The van der Waals surface area contributed by atoms with Crippen LogP contribution in [0, 0.1) is 0 Å². The van der Waals surface area contributed by atoms with Crippen LogP contribution in [0.3, 0.4) is 0 Å². The van der Waals surface area contributed by atoms with Crippen molar-refractivity contribution in [2.45, 2.75) is 12.5 Å². The number of Topliss-reactive ketones (excluding diaryl/α,β-unsaturated/α-hetero) is 1. The highest BCUT2D eigenvalue weighted by Gasteiger charge is 2.45. The predicted octanol–water partition coefficient (Wildman–Crippen LogP) is 5.02. The van der Waals surface area contributed by atoms with Crippen molar-refractivity contribution in [2.24, 2.45) is 0 Å². The van der Waals surface area contributed by atoms with Crippen LogP contribution in [0.15, 0.2) is 78.4 Å². The van der Waals surface area contributed by atoms with Gasteiger partial charge in [-0.1, -0.05) is 48.0 Å². The van der Waals surface area contributed by atoms with Gasteiger partial charge in [-0.05, 0) is 53.9 Å². The number of amides is 1. The molecule has 1 saturated heterocycles. The molecule has 1 fully saturated rings. The number of benzene rings is 3. The fourth-order valence-electron chi connectivity index (χ4n) is 4.08. The van der Waals surface area contributed by atoms with Gasteiger partial charge in [-0.3, -0.25) is 9.59 Å². The first kappa shape index (κ1) is 23.4. The van der Waals surface area contributed by atoms with Gasteiger partial charge >= 0.3 is 0 Å². The highest BCUT2D eigenvalue weighted by molar-refractivity contribution is 6.46. The average molecular weight is 478 g/mol. The largest absolute Gasteiger partial charge is 0.507 e. The van der Waals surface area contributed by atoms with Crippen LogP contribution in [0.1, 0.15) is 22.7 Å². The van der Waals surface area contributed by atoms with E-state index in [9.17, 15) is 14.7 Å². The number of ether oxygens (including phenoxy) is 2. The van der Waals surface area contributed by atoms with Gasteiger partial charge in [0.05, 0.1) is 25.8 Å². The van der Waals surface area contributed by atoms with Crippen molar-refractivity contribution in [2.75, 3.05) is 20.8 Å². The zero-order chi connectivity index (χ0) is 24.2. The highest BCUT2D eigenvalue weighted by atomic mass is 35.5. The second-order valence-electron chi connectivity index (χ2n) is 7.87. The molecule has 1 unspecified atom stereocenters. The topological polar surface area (TPSA) is 76.1 Å². The molecule has 1 amide bonds. The number of aliphatic hydroxyl groups is 1. The van der Waals surface area contributed by atoms with Crippen molar-refractivity contribution < 1.29 is 24.2 Å². The molecule has 3 aromatic carbocycles. The standard InChI is InChI=1S/C27H24ClNO5/c1-33-21-10-6-17(7-11-21)14-15-29-24(18-8-12-22(34-2)13-9-18)23(26(31)27(29)32)25(30)19-4-3-5-20(28)16-19/h3-13,16,24,30H,14-15H2,1-2H3/b25-23-. The minimum absolute atomic E-state index is 0.0344. The molecule has 0 aliphatic carbocycles. The second kappa shape index (κ2) is 10.0. The van der Waals surface area contributed by atoms with Crippen molar-refractivity contribution in [3.63, 3.8) is 0 Å². The highest BCUT2D eigenvalue weighted by Crippen LogP contribution is 2.40. The molecule has 0 bridgehead atoms. The molecule has 1 aliphatic heterocycles. The number of aliphatic hydroxyl groups excluding tert-OH is 1. The number of rotatable bonds is 7. The normalized spacial score (nSPS) is 17.1. The Bertz CT molecular complexity index is 1230. The summed E-state index contributed by atoms with van der Waals surface area (Å²) in [7, 11) is 3.16. The Hall–Kier alpha value is -3.77. The van der Waals surface area contributed by atoms with Gasteiger partial charge in [0.15, 0.2) is 0 Å². The Morgan fingerprint density at radius 3 is 2.15 bits per heavy atom. The van der Waals surface area contributed by atoms with Crippen LogP contribution >= 0.6 is 11.6 Å². The number of carbonyl (C=O) groups is 2. The molecular weight excluding hydrogens is 454 g/mol. The minimum atomic E-state index is -0.747. The van der Waals surface area contributed by atoms with Crippen molar-refractivity contribution in [1.29, 1.82) is 0 Å². The van der Waals surface area contributed by atoms with Gasteiger partial charge in [-0.15, -0.1) is 0 Å². The number of likely N-dealkylation sites (tertiary alicyclic amines) is 1. The summed E-state index contributed by atoms with van der Waals surface area (Å²) in [5.74, 6) is -0.253. The second-order valence-corrected chi connectivity index (χ2v) is 8.31. The van der Waals surface area contributed by atoms with E-state index in [2.05, 4.69) is 0 Å². The van der Waals surface area contributed by atoms with Crippen LogP contribution in [0.25, 0.3) is 5.76 Å². The molecule has 1 aliphatic rings. The maximum atomic E-state index is 13.1. The first-order valence-corrected chi connectivity index (χ1v) is 11.1. The van der Waals surface area contributed by atoms with E-state index in [0.29, 0.717) is 34.9 Å². The summed E-state index contributed by atoms with van der Waals surface area (Å²) < 4.78 is 10.4. The van der Waals surface area contributed by atoms with Crippen LogP contribution in [0.5, 0.6) is 11.5 Å². The van der Waals surface area contributed by atoms with Gasteiger partial charge in [0.25, 0.3) is 11.7 Å². The zero-order valence-electron chi connectivity index (χ0n) is 18.8. The fourth-order valence-corrected chi connectivity index (χ4v) is 4.27. The molecule has 174 valence electrons. The Morgan fingerprint density at radius 1 is 0.941 bits per heavy atom. The van der Waals surface area contributed by atoms with Crippen molar-refractivity contribution in [3.05, 3.63) is 100 Å². The Morgan fingerprint density at radius 2 is 1.56 bits per heavy atom. The molecular formula is C27H24ClNO5. The maximum Gasteiger partial charge on any atom is 0.295 e. The van der Waals surface area contributed by atoms with Gasteiger partial charge in [0, 0.05) is 17.1 Å². The number of carbonyl (C=O) groups excluding carboxylic acids is 2. The lowest BCUT2D eigenvalue weighted by atomic mass is 9.95. The van der Waals surface area contributed by atoms with Gasteiger partial charge < -0.3 is 19.5 Å². The van der Waals surface area contributed by atoms with E-state index < -0.39 is 17.7 Å². The quantitative estimate of drug-likeness (QED) is 0.294. The summed E-state index contributed by atoms with van der Waals surface area (Å²) >= 11 is 6.10. The van der Waals surface area contributed by atoms with Crippen LogP contribution in [-0.2, 0) is 16.0 Å². The average Bonchev–Trinajstić information content (AvgIpc) is 3.12. The van der Waals surface area contributed by atoms with Gasteiger partial charge in [0.1, 0.15) is 17.3 Å². The summed E-state index contributed by atoms with van der Waals surface area (Å²) in [6.45, 7) is 0.292. The molecule has 0 spiro atoms. The molecule has 1 N–H and O–H groups in total. The van der Waals surface area contributed by atoms with Crippen molar-refractivity contribution >= 4 is 29.1 Å². The molecule has 6 nitrogen and oxygen atoms in total. The number of hydrogen-bond acceptors (Lipinski definition) is 5. The molecule has 0 radical (unpaired) electrons. The van der Waals surface area contributed by atoms with Crippen LogP contribution in [-0.4, -0.2) is 42.5 Å². The molecule has 0 saturated carbocycles. The SMILES string of the molecule is COc1ccc(CCN2C(=O)C(=O)/C(=C(\O)c3cccc(Cl)c3)C2c2ccc(OC)cc2)cc1. The van der Waals surface area contributed by atoms with Gasteiger partial charge in [-0.2, -0.15) is 0 Å². The van der Waals surface area contributed by atoms with E-state index in [1.165, 1.54) is 4.90 Å². The number of hydrogen-bond donors (Lipinski definition) is 1. The monoisotopic (exact) mass is 477 g/mol. The number of halogens is 1. The van der Waals surface area contributed by atoms with Crippen LogP contribution in [0.2, 0.25) is 5.02 Å². The Kier molecular flexibility index (Phi) is 6.89. The summed E-state index contributed by atoms with van der Waals surface area (Å²) in [4.78, 5) is 27.7. The van der Waals surface area contributed by atoms with E-state index in [-0.39, 0.29) is 11.3 Å². The van der Waals surface area contributed by atoms with E-state index >= 15 is 0 Å². The lowest BCUT2D eigenvalue weighted by molar-refractivity contribution is -0.139. The molecule has 1 heterocycles. The van der Waals surface area contributed by atoms with Crippen LogP contribution < -0.4 is 9.47 Å². The molecule has 34 heavy (non-hydrogen) atoms. The summed E-state index contributed by atoms with van der Waals surface area (Å²) in [6.07, 6.45) is 0.529. The minimum Gasteiger partial charge on any atom is -0.507 e. The summed E-state index contributed by atoms with van der Waals surface area (Å²) in [6, 6.07) is 20.5. The zero-order valence-corrected chi connectivity index (χ0v) is 19.6. The molecule has 7 heteroatoms. The van der Waals surface area contributed by atoms with E-state index in [1.54, 1.807) is 62.8 Å². The van der Waals surface area contributed by atoms with E-state index in [1.807, 2.05) is 24.3 Å². The third-order valence-electron chi connectivity index (χ3n) is 5.87.